The van der Waals surface area contributed by atoms with Crippen molar-refractivity contribution in [2.75, 3.05) is 0 Å². The molecule has 0 spiro atoms. The van der Waals surface area contributed by atoms with Crippen LogP contribution in [0.3, 0.4) is 0 Å². The molecule has 0 atom stereocenters. The first kappa shape index (κ1) is 49.7. The van der Waals surface area contributed by atoms with Crippen molar-refractivity contribution in [1.82, 2.24) is 9.13 Å². The van der Waals surface area contributed by atoms with Crippen molar-refractivity contribution in [1.29, 1.82) is 0 Å². The van der Waals surface area contributed by atoms with Crippen molar-refractivity contribution in [3.63, 3.8) is 0 Å². The fraction of sp³-hybridized carbons (Fsp3) is 0.111. The number of aromatic nitrogens is 2. The number of benzene rings is 8. The minimum absolute atomic E-state index is 0.0293. The number of hydrogen-bond donors (Lipinski definition) is 0. The summed E-state index contributed by atoms with van der Waals surface area (Å²) in [6.07, 6.45) is -31.2. The van der Waals surface area contributed by atoms with E-state index < -0.39 is 92.7 Å². The summed E-state index contributed by atoms with van der Waals surface area (Å²) in [6.45, 7) is 0. The summed E-state index contributed by atoms with van der Waals surface area (Å²) in [4.78, 5) is 0. The van der Waals surface area contributed by atoms with E-state index in [2.05, 4.69) is 0 Å². The van der Waals surface area contributed by atoms with Crippen LogP contribution in [0.2, 0.25) is 0 Å². The van der Waals surface area contributed by atoms with Gasteiger partial charge in [0.2, 0.25) is 0 Å². The van der Waals surface area contributed by atoms with Gasteiger partial charge < -0.3 is 9.13 Å². The molecular formula is C54H26F18N2. The number of para-hydroxylation sites is 2. The van der Waals surface area contributed by atoms with E-state index in [9.17, 15) is 65.9 Å². The lowest BCUT2D eigenvalue weighted by Gasteiger charge is -2.22. The molecule has 0 radical (unpaired) electrons. The highest BCUT2D eigenvalue weighted by Crippen LogP contribution is 2.49. The van der Waals surface area contributed by atoms with Crippen LogP contribution in [0.15, 0.2) is 158 Å². The first-order valence-corrected chi connectivity index (χ1v) is 21.6. The number of fused-ring (bicyclic) bond motifs is 6. The van der Waals surface area contributed by atoms with E-state index in [-0.39, 0.29) is 78.2 Å². The van der Waals surface area contributed by atoms with Crippen LogP contribution in [-0.4, -0.2) is 9.13 Å². The Labute approximate surface area is 403 Å². The lowest BCUT2D eigenvalue weighted by Crippen LogP contribution is -2.12. The third-order valence-electron chi connectivity index (χ3n) is 12.7. The van der Waals surface area contributed by atoms with Crippen molar-refractivity contribution in [3.05, 3.63) is 191 Å². The van der Waals surface area contributed by atoms with Crippen LogP contribution >= 0.6 is 0 Å². The summed E-state index contributed by atoms with van der Waals surface area (Å²) < 4.78 is 261. The molecule has 10 aromatic rings. The van der Waals surface area contributed by atoms with Gasteiger partial charge >= 0.3 is 37.1 Å². The molecule has 2 aromatic heterocycles. The van der Waals surface area contributed by atoms with Crippen LogP contribution in [-0.2, 0) is 37.1 Å². The Bertz CT molecular complexity index is 3880. The van der Waals surface area contributed by atoms with E-state index in [0.29, 0.717) is 42.5 Å². The highest BCUT2D eigenvalue weighted by atomic mass is 19.4. The van der Waals surface area contributed by atoms with Crippen molar-refractivity contribution in [2.24, 2.45) is 0 Å². The maximum Gasteiger partial charge on any atom is 0.417 e. The highest BCUT2D eigenvalue weighted by molar-refractivity contribution is 6.13. The Morgan fingerprint density at radius 2 is 0.608 bits per heavy atom. The van der Waals surface area contributed by atoms with Crippen molar-refractivity contribution < 1.29 is 79.0 Å². The molecule has 8 aromatic carbocycles. The Kier molecular flexibility index (Phi) is 11.3. The molecule has 2 heterocycles. The van der Waals surface area contributed by atoms with E-state index in [1.54, 1.807) is 0 Å². The predicted octanol–water partition coefficient (Wildman–Crippen LogP) is 19.0. The molecule has 20 heteroatoms. The predicted molar refractivity (Wildman–Crippen MR) is 241 cm³/mol. The Balaban J connectivity index is 1.30. The highest BCUT2D eigenvalue weighted by Gasteiger charge is 2.41. The van der Waals surface area contributed by atoms with E-state index in [0.717, 1.165) is 30.3 Å². The summed E-state index contributed by atoms with van der Waals surface area (Å²) >= 11 is 0. The Morgan fingerprint density at radius 1 is 0.243 bits per heavy atom. The van der Waals surface area contributed by atoms with Gasteiger partial charge in [0.1, 0.15) is 0 Å². The van der Waals surface area contributed by atoms with Crippen LogP contribution in [0.4, 0.5) is 79.0 Å². The van der Waals surface area contributed by atoms with Crippen molar-refractivity contribution >= 4 is 43.6 Å². The first-order chi connectivity index (χ1) is 34.5. The number of nitrogens with zero attached hydrogens (tertiary/aromatic N) is 2. The SMILES string of the molecule is FC(F)(F)c1cccc(-c2cc(-n3c4ccccc4c4cc(-c5ccc(C(F)(F)F)cc5C(F)(F)F)ccc43)c(-n3c4ccccc4c4cc(-c5ccc(C(F)(F)F)cc5C(F)(F)F)ccc43)cc2C(F)(F)F)c1. The van der Waals surface area contributed by atoms with Crippen molar-refractivity contribution in [2.45, 2.75) is 37.1 Å². The zero-order valence-electron chi connectivity index (χ0n) is 36.7. The van der Waals surface area contributed by atoms with Crippen molar-refractivity contribution in [3.8, 4) is 44.8 Å². The maximum atomic E-state index is 15.6. The molecule has 0 saturated carbocycles. The van der Waals surface area contributed by atoms with Gasteiger partial charge in [-0.3, -0.25) is 0 Å². The fourth-order valence-corrected chi connectivity index (χ4v) is 9.49. The van der Waals surface area contributed by atoms with Gasteiger partial charge in [-0.15, -0.1) is 0 Å². The molecule has 378 valence electrons. The monoisotopic (exact) mass is 1040 g/mol. The Hall–Kier alpha value is -7.90. The van der Waals surface area contributed by atoms with Gasteiger partial charge in [-0.1, -0.05) is 72.8 Å². The molecule has 0 saturated heterocycles. The molecule has 0 N–H and O–H groups in total. The molecule has 0 aliphatic carbocycles. The van der Waals surface area contributed by atoms with Gasteiger partial charge in [0.25, 0.3) is 0 Å². The van der Waals surface area contributed by atoms with E-state index in [4.69, 9.17) is 0 Å². The summed E-state index contributed by atoms with van der Waals surface area (Å²) in [7, 11) is 0. The van der Waals surface area contributed by atoms with Crippen LogP contribution in [0.5, 0.6) is 0 Å². The minimum atomic E-state index is -5.31. The molecule has 0 aliphatic rings. The van der Waals surface area contributed by atoms with E-state index >= 15 is 13.2 Å². The molecule has 2 nitrogen and oxygen atoms in total. The summed E-state index contributed by atoms with van der Waals surface area (Å²) in [5, 5.41) is 0.688. The molecule has 10 rings (SSSR count). The van der Waals surface area contributed by atoms with Gasteiger partial charge in [0.15, 0.2) is 0 Å². The second-order valence-electron chi connectivity index (χ2n) is 17.1. The fourth-order valence-electron chi connectivity index (χ4n) is 9.49. The lowest BCUT2D eigenvalue weighted by atomic mass is 9.95. The zero-order valence-corrected chi connectivity index (χ0v) is 36.7. The number of rotatable bonds is 5. The van der Waals surface area contributed by atoms with Gasteiger partial charge in [0, 0.05) is 21.5 Å². The standard InChI is InChI=1S/C54H26F18N2/c55-49(56,57)30-7-5-6-27(20-30)37-25-47(73-43-10-3-1-8-35(43)38-21-28(12-18-45(38)73)33-16-14-31(50(58,59)60)23-40(33)52(64,65)66)48(26-42(37)54(70,71)72)74-44-11-4-2-9-36(44)39-22-29(13-19-46(39)74)34-17-15-32(51(61,62)63)24-41(34)53(67,68)69/h1-26H. The van der Waals surface area contributed by atoms with Crippen LogP contribution in [0.25, 0.3) is 88.4 Å². The number of hydrogen-bond acceptors (Lipinski definition) is 0. The average molecular weight is 1040 g/mol. The topological polar surface area (TPSA) is 9.86 Å². The molecule has 0 amide bonds. The largest absolute Gasteiger partial charge is 0.417 e. The summed E-state index contributed by atoms with van der Waals surface area (Å²) in [6, 6.07) is 26.0. The zero-order chi connectivity index (χ0) is 53.2. The number of alkyl halides is 18. The second kappa shape index (κ2) is 16.8. The molecule has 0 aliphatic heterocycles. The smallest absolute Gasteiger partial charge is 0.307 e. The maximum absolute atomic E-state index is 15.6. The van der Waals surface area contributed by atoms with Crippen LogP contribution in [0, 0.1) is 0 Å². The third kappa shape index (κ3) is 8.62. The van der Waals surface area contributed by atoms with Gasteiger partial charge in [0.05, 0.1) is 66.8 Å². The quantitative estimate of drug-likeness (QED) is 0.152. The first-order valence-electron chi connectivity index (χ1n) is 21.6. The molecule has 74 heavy (non-hydrogen) atoms. The van der Waals surface area contributed by atoms with Crippen LogP contribution < -0.4 is 0 Å². The van der Waals surface area contributed by atoms with Crippen LogP contribution in [0.1, 0.15) is 33.4 Å². The van der Waals surface area contributed by atoms with Gasteiger partial charge in [-0.25, -0.2) is 0 Å². The molecule has 0 bridgehead atoms. The second-order valence-corrected chi connectivity index (χ2v) is 17.1. The third-order valence-corrected chi connectivity index (χ3v) is 12.7. The summed E-state index contributed by atoms with van der Waals surface area (Å²) in [5.41, 5.74) is -12.4. The number of halogens is 18. The molecule has 0 fully saturated rings. The van der Waals surface area contributed by atoms with E-state index in [1.807, 2.05) is 0 Å². The summed E-state index contributed by atoms with van der Waals surface area (Å²) in [5.74, 6) is 0. The lowest BCUT2D eigenvalue weighted by molar-refractivity contribution is -0.144. The Morgan fingerprint density at radius 3 is 1.03 bits per heavy atom. The minimum Gasteiger partial charge on any atom is -0.307 e. The average Bonchev–Trinajstić information content (AvgIpc) is 3.83. The normalized spacial score (nSPS) is 13.3. The molecule has 0 unspecified atom stereocenters. The van der Waals surface area contributed by atoms with Gasteiger partial charge in [-0.05, 0) is 118 Å². The van der Waals surface area contributed by atoms with Gasteiger partial charge in [-0.2, -0.15) is 79.0 Å². The molecular weight excluding hydrogens is 1020 g/mol. The van der Waals surface area contributed by atoms with E-state index in [1.165, 1.54) is 81.9 Å².